The highest BCUT2D eigenvalue weighted by molar-refractivity contribution is 5.11. The lowest BCUT2D eigenvalue weighted by Gasteiger charge is -2.43. The molecule has 2 aliphatic rings. The maximum atomic E-state index is 5.81. The highest BCUT2D eigenvalue weighted by atomic mass is 16.7. The summed E-state index contributed by atoms with van der Waals surface area (Å²) in [6, 6.07) is 0. The highest BCUT2D eigenvalue weighted by Crippen LogP contribution is 2.38. The van der Waals surface area contributed by atoms with E-state index in [1.54, 1.807) is 0 Å². The summed E-state index contributed by atoms with van der Waals surface area (Å²) in [5.41, 5.74) is 1.40. The Hall–Kier alpha value is -0.640. The molecule has 3 heteroatoms. The van der Waals surface area contributed by atoms with Crippen molar-refractivity contribution in [2.45, 2.75) is 32.5 Å². The number of allylic oxidation sites excluding steroid dienone is 1. The second-order valence-electron chi connectivity index (χ2n) is 5.52. The van der Waals surface area contributed by atoms with Gasteiger partial charge in [-0.3, -0.25) is 0 Å². The summed E-state index contributed by atoms with van der Waals surface area (Å²) in [5.74, 6) is -0.453. The number of rotatable bonds is 4. The summed E-state index contributed by atoms with van der Waals surface area (Å²) in [7, 11) is 0. The first-order valence-corrected chi connectivity index (χ1v) is 6.20. The average molecular weight is 238 g/mol. The first-order chi connectivity index (χ1) is 8.05. The molecule has 2 heterocycles. The van der Waals surface area contributed by atoms with Crippen molar-refractivity contribution < 1.29 is 14.2 Å². The molecule has 0 radical (unpaired) electrons. The van der Waals surface area contributed by atoms with Crippen molar-refractivity contribution in [3.8, 4) is 0 Å². The van der Waals surface area contributed by atoms with Gasteiger partial charge in [0.2, 0.25) is 0 Å². The lowest BCUT2D eigenvalue weighted by molar-refractivity contribution is -0.284. The second-order valence-corrected chi connectivity index (χ2v) is 5.52. The molecule has 0 atom stereocenters. The SMILES string of the molecule is C=CCC1(CC2=CCOC2)COC(C)(C)OC1. The molecule has 0 aromatic heterocycles. The third-order valence-electron chi connectivity index (χ3n) is 3.41. The average Bonchev–Trinajstić information content (AvgIpc) is 2.76. The van der Waals surface area contributed by atoms with Crippen LogP contribution >= 0.6 is 0 Å². The molecule has 2 aliphatic heterocycles. The van der Waals surface area contributed by atoms with Crippen LogP contribution in [0.1, 0.15) is 26.7 Å². The van der Waals surface area contributed by atoms with Crippen LogP contribution in [0.3, 0.4) is 0 Å². The molecule has 0 bridgehead atoms. The maximum Gasteiger partial charge on any atom is 0.162 e. The zero-order valence-electron chi connectivity index (χ0n) is 10.8. The highest BCUT2D eigenvalue weighted by Gasteiger charge is 2.39. The van der Waals surface area contributed by atoms with Gasteiger partial charge in [0.05, 0.1) is 26.4 Å². The van der Waals surface area contributed by atoms with Crippen molar-refractivity contribution in [2.24, 2.45) is 5.41 Å². The van der Waals surface area contributed by atoms with Crippen molar-refractivity contribution in [1.82, 2.24) is 0 Å². The lowest BCUT2D eigenvalue weighted by Crippen LogP contribution is -2.46. The monoisotopic (exact) mass is 238 g/mol. The number of ether oxygens (including phenoxy) is 3. The summed E-state index contributed by atoms with van der Waals surface area (Å²) in [6.07, 6.45) is 6.03. The Morgan fingerprint density at radius 1 is 1.35 bits per heavy atom. The second kappa shape index (κ2) is 4.92. The Morgan fingerprint density at radius 3 is 2.59 bits per heavy atom. The molecule has 2 rings (SSSR count). The van der Waals surface area contributed by atoms with Crippen LogP contribution in [-0.2, 0) is 14.2 Å². The molecule has 1 fully saturated rings. The summed E-state index contributed by atoms with van der Waals surface area (Å²) in [5, 5.41) is 0. The van der Waals surface area contributed by atoms with Crippen LogP contribution in [0.5, 0.6) is 0 Å². The van der Waals surface area contributed by atoms with E-state index < -0.39 is 5.79 Å². The summed E-state index contributed by atoms with van der Waals surface area (Å²) in [4.78, 5) is 0. The fourth-order valence-electron chi connectivity index (χ4n) is 2.37. The van der Waals surface area contributed by atoms with Gasteiger partial charge in [-0.05, 0) is 32.3 Å². The van der Waals surface area contributed by atoms with E-state index in [-0.39, 0.29) is 5.41 Å². The molecule has 3 nitrogen and oxygen atoms in total. The molecule has 0 aliphatic carbocycles. The van der Waals surface area contributed by atoms with E-state index >= 15 is 0 Å². The van der Waals surface area contributed by atoms with Crippen molar-refractivity contribution in [3.05, 3.63) is 24.3 Å². The minimum absolute atomic E-state index is 0.0385. The predicted octanol–water partition coefficient (Wildman–Crippen LogP) is 2.68. The van der Waals surface area contributed by atoms with Gasteiger partial charge < -0.3 is 14.2 Å². The molecular formula is C14H22O3. The van der Waals surface area contributed by atoms with Gasteiger partial charge in [0.25, 0.3) is 0 Å². The van der Waals surface area contributed by atoms with Gasteiger partial charge in [0, 0.05) is 5.41 Å². The predicted molar refractivity (Wildman–Crippen MR) is 66.7 cm³/mol. The molecule has 0 aromatic carbocycles. The van der Waals surface area contributed by atoms with E-state index in [0.717, 1.165) is 39.3 Å². The molecule has 0 unspecified atom stereocenters. The Labute approximate surface area is 103 Å². The van der Waals surface area contributed by atoms with Crippen molar-refractivity contribution in [3.63, 3.8) is 0 Å². The van der Waals surface area contributed by atoms with Gasteiger partial charge in [0.1, 0.15) is 0 Å². The minimum Gasteiger partial charge on any atom is -0.373 e. The molecule has 1 saturated heterocycles. The van der Waals surface area contributed by atoms with Crippen LogP contribution in [0, 0.1) is 5.41 Å². The van der Waals surface area contributed by atoms with Gasteiger partial charge >= 0.3 is 0 Å². The summed E-state index contributed by atoms with van der Waals surface area (Å²) >= 11 is 0. The summed E-state index contributed by atoms with van der Waals surface area (Å²) < 4.78 is 17.0. The van der Waals surface area contributed by atoms with Gasteiger partial charge in [-0.15, -0.1) is 6.58 Å². The molecular weight excluding hydrogens is 216 g/mol. The third-order valence-corrected chi connectivity index (χ3v) is 3.41. The van der Waals surface area contributed by atoms with Gasteiger partial charge in [0.15, 0.2) is 5.79 Å². The molecule has 96 valence electrons. The third kappa shape index (κ3) is 3.18. The Morgan fingerprint density at radius 2 is 2.06 bits per heavy atom. The van der Waals surface area contributed by atoms with Crippen LogP contribution in [0.2, 0.25) is 0 Å². The van der Waals surface area contributed by atoms with Gasteiger partial charge in [-0.2, -0.15) is 0 Å². The van der Waals surface area contributed by atoms with Crippen LogP contribution in [0.15, 0.2) is 24.3 Å². The topological polar surface area (TPSA) is 27.7 Å². The van der Waals surface area contributed by atoms with Crippen molar-refractivity contribution in [1.29, 1.82) is 0 Å². The number of hydrogen-bond donors (Lipinski definition) is 0. The van der Waals surface area contributed by atoms with E-state index in [9.17, 15) is 0 Å². The van der Waals surface area contributed by atoms with Crippen molar-refractivity contribution in [2.75, 3.05) is 26.4 Å². The van der Waals surface area contributed by atoms with Crippen LogP contribution in [0.4, 0.5) is 0 Å². The van der Waals surface area contributed by atoms with Crippen LogP contribution < -0.4 is 0 Å². The van der Waals surface area contributed by atoms with E-state index in [4.69, 9.17) is 14.2 Å². The normalized spacial score (nSPS) is 26.6. The molecule has 0 aromatic rings. The lowest BCUT2D eigenvalue weighted by atomic mass is 9.79. The Balaban J connectivity index is 2.02. The fraction of sp³-hybridized carbons (Fsp3) is 0.714. The van der Waals surface area contributed by atoms with Crippen LogP contribution in [0.25, 0.3) is 0 Å². The Kier molecular flexibility index (Phi) is 3.71. The zero-order chi connectivity index (χ0) is 12.4. The smallest absolute Gasteiger partial charge is 0.162 e. The first-order valence-electron chi connectivity index (χ1n) is 6.20. The van der Waals surface area contributed by atoms with E-state index in [1.807, 2.05) is 19.9 Å². The summed E-state index contributed by atoms with van der Waals surface area (Å²) in [6.45, 7) is 10.7. The zero-order valence-corrected chi connectivity index (χ0v) is 10.8. The van der Waals surface area contributed by atoms with E-state index in [0.29, 0.717) is 0 Å². The minimum atomic E-state index is -0.453. The van der Waals surface area contributed by atoms with Crippen molar-refractivity contribution >= 4 is 0 Å². The number of hydrogen-bond acceptors (Lipinski definition) is 3. The molecule has 0 spiro atoms. The first kappa shape index (κ1) is 12.8. The van der Waals surface area contributed by atoms with Crippen LogP contribution in [-0.4, -0.2) is 32.2 Å². The van der Waals surface area contributed by atoms with E-state index in [2.05, 4.69) is 12.7 Å². The fourth-order valence-corrected chi connectivity index (χ4v) is 2.37. The Bertz CT molecular complexity index is 307. The molecule has 17 heavy (non-hydrogen) atoms. The van der Waals surface area contributed by atoms with E-state index in [1.165, 1.54) is 5.57 Å². The molecule has 0 saturated carbocycles. The quantitative estimate of drug-likeness (QED) is 0.705. The van der Waals surface area contributed by atoms with Gasteiger partial charge in [-0.1, -0.05) is 12.2 Å². The van der Waals surface area contributed by atoms with Gasteiger partial charge in [-0.25, -0.2) is 0 Å². The molecule has 0 amide bonds. The molecule has 0 N–H and O–H groups in total. The largest absolute Gasteiger partial charge is 0.373 e. The standard InChI is InChI=1S/C14H22O3/c1-4-6-14(8-12-5-7-15-9-12)10-16-13(2,3)17-11-14/h4-5H,1,6-11H2,2-3H3. The maximum absolute atomic E-state index is 5.81.